The summed E-state index contributed by atoms with van der Waals surface area (Å²) in [7, 11) is 0. The Bertz CT molecular complexity index is 1120. The van der Waals surface area contributed by atoms with Crippen molar-refractivity contribution in [1.82, 2.24) is 10.6 Å². The van der Waals surface area contributed by atoms with Gasteiger partial charge in [-0.3, -0.25) is 9.59 Å². The lowest BCUT2D eigenvalue weighted by molar-refractivity contribution is -0.141. The number of carbonyl (C=O) groups excluding carboxylic acids is 2. The second-order valence-corrected chi connectivity index (χ2v) is 9.99. The van der Waals surface area contributed by atoms with Gasteiger partial charge in [0, 0.05) is 34.8 Å². The summed E-state index contributed by atoms with van der Waals surface area (Å²) in [5, 5.41) is 13.0. The van der Waals surface area contributed by atoms with Crippen molar-refractivity contribution >= 4 is 34.8 Å². The summed E-state index contributed by atoms with van der Waals surface area (Å²) in [4.78, 5) is 25.1. The fraction of sp³-hybridized carbons (Fsp3) is 0.417. The molecule has 2 unspecified atom stereocenters. The van der Waals surface area contributed by atoms with E-state index in [-0.39, 0.29) is 46.3 Å². The van der Waals surface area contributed by atoms with E-state index in [1.807, 2.05) is 18.2 Å². The molecule has 4 N–H and O–H groups in total. The predicted molar refractivity (Wildman–Crippen MR) is 124 cm³/mol. The van der Waals surface area contributed by atoms with Crippen LogP contribution in [0.25, 0.3) is 0 Å². The van der Waals surface area contributed by atoms with Crippen LogP contribution < -0.4 is 26.0 Å². The standard InChI is InChI=1S/C24H26ClFN4O3/c1-13-14(2)28-20-7-15(3-6-19(20)27-13)22(32)30-24-10-23(11-24,12-24)29-21(31)9-33-16-4-5-17(25)18(26)8-16/h3-8,13-14,27-28H,9-12H2,1-2H3,(H,29,31)(H,30,32). The molecule has 0 spiro atoms. The van der Waals surface area contributed by atoms with Gasteiger partial charge in [-0.15, -0.1) is 0 Å². The second-order valence-electron chi connectivity index (χ2n) is 9.58. The number of benzene rings is 2. The number of carbonyl (C=O) groups is 2. The molecule has 0 saturated heterocycles. The van der Waals surface area contributed by atoms with Gasteiger partial charge in [0.1, 0.15) is 11.6 Å². The van der Waals surface area contributed by atoms with Crippen LogP contribution in [0.4, 0.5) is 15.8 Å². The molecule has 1 aliphatic heterocycles. The van der Waals surface area contributed by atoms with Crippen LogP contribution in [0.3, 0.4) is 0 Å². The van der Waals surface area contributed by atoms with Gasteiger partial charge in [0.2, 0.25) is 0 Å². The Morgan fingerprint density at radius 2 is 1.70 bits per heavy atom. The number of amides is 2. The number of rotatable bonds is 6. The molecule has 2 atom stereocenters. The lowest BCUT2D eigenvalue weighted by atomic mass is 9.44. The molecule has 6 rings (SSSR count). The summed E-state index contributed by atoms with van der Waals surface area (Å²) in [6, 6.07) is 10.2. The minimum absolute atomic E-state index is 0.000451. The highest BCUT2D eigenvalue weighted by Crippen LogP contribution is 2.60. The highest BCUT2D eigenvalue weighted by atomic mass is 35.5. The number of hydrogen-bond acceptors (Lipinski definition) is 5. The zero-order valence-electron chi connectivity index (χ0n) is 18.4. The summed E-state index contributed by atoms with van der Waals surface area (Å²) in [5.41, 5.74) is 1.96. The van der Waals surface area contributed by atoms with Gasteiger partial charge in [-0.25, -0.2) is 4.39 Å². The molecule has 7 nitrogen and oxygen atoms in total. The Kier molecular flexibility index (Phi) is 5.16. The molecule has 1 heterocycles. The molecule has 2 amide bonds. The summed E-state index contributed by atoms with van der Waals surface area (Å²) in [5.74, 6) is -0.742. The van der Waals surface area contributed by atoms with Crippen molar-refractivity contribution < 1.29 is 18.7 Å². The topological polar surface area (TPSA) is 91.5 Å². The first kappa shape index (κ1) is 21.8. The van der Waals surface area contributed by atoms with Crippen LogP contribution in [0, 0.1) is 5.82 Å². The van der Waals surface area contributed by atoms with Crippen molar-refractivity contribution in [2.24, 2.45) is 0 Å². The van der Waals surface area contributed by atoms with Crippen molar-refractivity contribution in [3.8, 4) is 5.75 Å². The first-order valence-corrected chi connectivity index (χ1v) is 11.4. The molecule has 3 saturated carbocycles. The van der Waals surface area contributed by atoms with E-state index in [0.29, 0.717) is 30.9 Å². The lowest BCUT2D eigenvalue weighted by Gasteiger charge is -2.70. The van der Waals surface area contributed by atoms with Gasteiger partial charge < -0.3 is 26.0 Å². The number of ether oxygens (including phenoxy) is 1. The van der Waals surface area contributed by atoms with Crippen LogP contribution in [-0.4, -0.2) is 41.6 Å². The van der Waals surface area contributed by atoms with Crippen LogP contribution in [0.2, 0.25) is 5.02 Å². The summed E-state index contributed by atoms with van der Waals surface area (Å²) >= 11 is 5.65. The normalized spacial score (nSPS) is 28.7. The highest BCUT2D eigenvalue weighted by Gasteiger charge is 2.69. The van der Waals surface area contributed by atoms with Crippen LogP contribution in [0.5, 0.6) is 5.75 Å². The number of halogens is 2. The molecule has 9 heteroatoms. The average Bonchev–Trinajstić information content (AvgIpc) is 2.72. The van der Waals surface area contributed by atoms with Crippen LogP contribution in [0.15, 0.2) is 36.4 Å². The van der Waals surface area contributed by atoms with Crippen LogP contribution >= 0.6 is 11.6 Å². The molecule has 33 heavy (non-hydrogen) atoms. The van der Waals surface area contributed by atoms with E-state index in [2.05, 4.69) is 35.1 Å². The Hall–Kier alpha value is -3.00. The van der Waals surface area contributed by atoms with E-state index >= 15 is 0 Å². The fourth-order valence-electron chi connectivity index (χ4n) is 5.08. The van der Waals surface area contributed by atoms with Gasteiger partial charge in [-0.1, -0.05) is 11.6 Å². The quantitative estimate of drug-likeness (QED) is 0.514. The molecular weight excluding hydrogens is 447 g/mol. The van der Waals surface area contributed by atoms with E-state index in [1.165, 1.54) is 12.1 Å². The Morgan fingerprint density at radius 3 is 2.39 bits per heavy atom. The molecule has 2 bridgehead atoms. The SMILES string of the molecule is CC1Nc2ccc(C(=O)NC34CC(NC(=O)COc5ccc(Cl)c(F)c5)(C3)C4)cc2NC1C. The first-order chi connectivity index (χ1) is 15.7. The molecule has 0 radical (unpaired) electrons. The molecular formula is C24H26ClFN4O3. The molecule has 3 aliphatic carbocycles. The smallest absolute Gasteiger partial charge is 0.258 e. The van der Waals surface area contributed by atoms with Crippen molar-refractivity contribution in [1.29, 1.82) is 0 Å². The third-order valence-electron chi connectivity index (χ3n) is 6.87. The van der Waals surface area contributed by atoms with Crippen LogP contribution in [-0.2, 0) is 4.79 Å². The lowest BCUT2D eigenvalue weighted by Crippen LogP contribution is -2.84. The van der Waals surface area contributed by atoms with E-state index < -0.39 is 5.82 Å². The fourth-order valence-corrected chi connectivity index (χ4v) is 5.20. The van der Waals surface area contributed by atoms with Crippen molar-refractivity contribution in [3.05, 3.63) is 52.8 Å². The first-order valence-electron chi connectivity index (χ1n) is 11.0. The number of fused-ring (bicyclic) bond motifs is 1. The van der Waals surface area contributed by atoms with Gasteiger partial charge in [-0.2, -0.15) is 0 Å². The summed E-state index contributed by atoms with van der Waals surface area (Å²) < 4.78 is 18.8. The third kappa shape index (κ3) is 4.08. The zero-order chi connectivity index (χ0) is 23.4. The monoisotopic (exact) mass is 472 g/mol. The van der Waals surface area contributed by atoms with E-state index in [0.717, 1.165) is 17.4 Å². The number of hydrogen-bond donors (Lipinski definition) is 4. The van der Waals surface area contributed by atoms with E-state index in [4.69, 9.17) is 16.3 Å². The molecule has 174 valence electrons. The maximum Gasteiger partial charge on any atom is 0.258 e. The Labute approximate surface area is 196 Å². The Balaban J connectivity index is 1.11. The zero-order valence-corrected chi connectivity index (χ0v) is 19.2. The summed E-state index contributed by atoms with van der Waals surface area (Å²) in [6.07, 6.45) is 2.06. The van der Waals surface area contributed by atoms with E-state index in [9.17, 15) is 14.0 Å². The molecule has 4 aliphatic rings. The van der Waals surface area contributed by atoms with E-state index in [1.54, 1.807) is 0 Å². The minimum Gasteiger partial charge on any atom is -0.484 e. The largest absolute Gasteiger partial charge is 0.484 e. The second kappa shape index (κ2) is 7.80. The van der Waals surface area contributed by atoms with Crippen molar-refractivity contribution in [2.45, 2.75) is 56.3 Å². The Morgan fingerprint density at radius 1 is 1.03 bits per heavy atom. The third-order valence-corrected chi connectivity index (χ3v) is 7.18. The average molecular weight is 473 g/mol. The van der Waals surface area contributed by atoms with Gasteiger partial charge in [-0.05, 0) is 63.4 Å². The van der Waals surface area contributed by atoms with Gasteiger partial charge in [0.25, 0.3) is 11.8 Å². The summed E-state index contributed by atoms with van der Waals surface area (Å²) in [6.45, 7) is 4.00. The molecule has 2 aromatic carbocycles. The molecule has 3 fully saturated rings. The predicted octanol–water partition coefficient (Wildman–Crippen LogP) is 3.69. The maximum atomic E-state index is 13.5. The minimum atomic E-state index is -0.596. The molecule has 0 aromatic heterocycles. The molecule has 2 aromatic rings. The number of anilines is 2. The van der Waals surface area contributed by atoms with Crippen molar-refractivity contribution in [3.63, 3.8) is 0 Å². The van der Waals surface area contributed by atoms with Crippen LogP contribution in [0.1, 0.15) is 43.5 Å². The van der Waals surface area contributed by atoms with Crippen molar-refractivity contribution in [2.75, 3.05) is 17.2 Å². The number of nitrogens with one attached hydrogen (secondary N) is 4. The maximum absolute atomic E-state index is 13.5. The highest BCUT2D eigenvalue weighted by molar-refractivity contribution is 6.30. The van der Waals surface area contributed by atoms with Gasteiger partial charge in [0.05, 0.1) is 16.4 Å². The van der Waals surface area contributed by atoms with Gasteiger partial charge >= 0.3 is 0 Å². The van der Waals surface area contributed by atoms with Gasteiger partial charge in [0.15, 0.2) is 6.61 Å².